The van der Waals surface area contributed by atoms with Crippen molar-refractivity contribution in [1.82, 2.24) is 4.90 Å². The number of imide groups is 1. The Balaban J connectivity index is 1.27. The predicted molar refractivity (Wildman–Crippen MR) is 165 cm³/mol. The van der Waals surface area contributed by atoms with Gasteiger partial charge in [-0.15, -0.1) is 0 Å². The monoisotopic (exact) mass is 617 g/mol. The van der Waals surface area contributed by atoms with Crippen LogP contribution < -0.4 is 0 Å². The Hall–Kier alpha value is -2.70. The summed E-state index contributed by atoms with van der Waals surface area (Å²) in [7, 11) is 0. The molecular formula is C35H40BrNO4. The topological polar surface area (TPSA) is 66.8 Å². The van der Waals surface area contributed by atoms with Crippen LogP contribution >= 0.6 is 15.9 Å². The maximum absolute atomic E-state index is 13.9. The maximum atomic E-state index is 13.9. The Morgan fingerprint density at radius 3 is 2.59 bits per heavy atom. The summed E-state index contributed by atoms with van der Waals surface area (Å²) >= 11 is 3.53. The fraction of sp³-hybridized carbons (Fsp3) is 0.486. The molecule has 0 spiro atoms. The molecule has 0 unspecified atom stereocenters. The molecule has 4 atom stereocenters. The summed E-state index contributed by atoms with van der Waals surface area (Å²) in [6.07, 6.45) is 11.5. The fourth-order valence-corrected chi connectivity index (χ4v) is 8.18. The third-order valence-corrected chi connectivity index (χ3v) is 10.2. The van der Waals surface area contributed by atoms with Crippen molar-refractivity contribution in [3.05, 3.63) is 75.3 Å². The van der Waals surface area contributed by atoms with E-state index < -0.39 is 0 Å². The molecular weight excluding hydrogens is 578 g/mol. The van der Waals surface area contributed by atoms with Gasteiger partial charge in [0.05, 0.1) is 24.5 Å². The molecule has 4 aliphatic rings. The van der Waals surface area contributed by atoms with Crippen LogP contribution in [0.25, 0.3) is 11.6 Å². The lowest BCUT2D eigenvalue weighted by molar-refractivity contribution is -0.143. The highest BCUT2D eigenvalue weighted by atomic mass is 79.9. The molecule has 41 heavy (non-hydrogen) atoms. The molecule has 2 amide bonds. The number of phenolic OH excluding ortho intramolecular Hbond substituents is 1. The second-order valence-electron chi connectivity index (χ2n) is 12.2. The number of benzene rings is 2. The summed E-state index contributed by atoms with van der Waals surface area (Å²) < 4.78 is 7.42. The average Bonchev–Trinajstić information content (AvgIpc) is 3.52. The van der Waals surface area contributed by atoms with Crippen LogP contribution in [0.15, 0.2) is 64.1 Å². The van der Waals surface area contributed by atoms with Gasteiger partial charge in [0, 0.05) is 22.0 Å². The van der Waals surface area contributed by atoms with Gasteiger partial charge in [-0.25, -0.2) is 0 Å². The van der Waals surface area contributed by atoms with Crippen molar-refractivity contribution in [2.75, 3.05) is 6.61 Å². The molecule has 6 rings (SSSR count). The second kappa shape index (κ2) is 12.3. The standard InChI is InChI=1S/C35H40BrNO4/c1-2-9-24-20-28-33(35(40)37(34(28)39)27-12-7-4-8-13-27)29-21-41-31(32(24)29)17-14-23(22-10-5-3-6-11-22)18-25-19-26(36)15-16-30(25)38/h3,5-6,10-11,15-16,18-19,27-29,31,33,38H,2,4,7-9,12-14,17,20-21H2,1H3/b23-18-/t28-,29+,31-,33-/m1/s1. The van der Waals surface area contributed by atoms with Gasteiger partial charge in [0.2, 0.25) is 11.8 Å². The molecule has 2 aliphatic carbocycles. The largest absolute Gasteiger partial charge is 0.507 e. The maximum Gasteiger partial charge on any atom is 0.234 e. The lowest BCUT2D eigenvalue weighted by Gasteiger charge is -2.32. The van der Waals surface area contributed by atoms with E-state index in [0.717, 1.165) is 72.5 Å². The van der Waals surface area contributed by atoms with Crippen molar-refractivity contribution in [3.8, 4) is 5.75 Å². The van der Waals surface area contributed by atoms with Gasteiger partial charge in [-0.1, -0.05) is 84.4 Å². The van der Waals surface area contributed by atoms with Gasteiger partial charge in [-0.3, -0.25) is 14.5 Å². The molecule has 6 heteroatoms. The number of hydrogen-bond acceptors (Lipinski definition) is 4. The predicted octanol–water partition coefficient (Wildman–Crippen LogP) is 7.92. The molecule has 0 aromatic heterocycles. The Labute approximate surface area is 251 Å². The van der Waals surface area contributed by atoms with Crippen LogP contribution in [0.5, 0.6) is 5.75 Å². The van der Waals surface area contributed by atoms with Crippen LogP contribution in [0.4, 0.5) is 0 Å². The van der Waals surface area contributed by atoms with E-state index in [1.165, 1.54) is 17.6 Å². The van der Waals surface area contributed by atoms with Gasteiger partial charge in [0.25, 0.3) is 0 Å². The minimum absolute atomic E-state index is 0.00335. The minimum Gasteiger partial charge on any atom is -0.507 e. The smallest absolute Gasteiger partial charge is 0.234 e. The van der Waals surface area contributed by atoms with Crippen LogP contribution in [-0.4, -0.2) is 40.6 Å². The Kier molecular flexibility index (Phi) is 8.50. The van der Waals surface area contributed by atoms with E-state index in [9.17, 15) is 14.7 Å². The van der Waals surface area contributed by atoms with Gasteiger partial charge in [-0.2, -0.15) is 0 Å². The third-order valence-electron chi connectivity index (χ3n) is 9.67. The number of rotatable bonds is 8. The van der Waals surface area contributed by atoms with Crippen LogP contribution in [0.3, 0.4) is 0 Å². The van der Waals surface area contributed by atoms with Crippen LogP contribution in [0, 0.1) is 17.8 Å². The van der Waals surface area contributed by atoms with Crippen molar-refractivity contribution >= 4 is 39.4 Å². The molecule has 2 heterocycles. The number of hydrogen-bond donors (Lipinski definition) is 1. The number of carbonyl (C=O) groups is 2. The highest BCUT2D eigenvalue weighted by molar-refractivity contribution is 9.10. The van der Waals surface area contributed by atoms with E-state index in [1.807, 2.05) is 30.3 Å². The van der Waals surface area contributed by atoms with Crippen molar-refractivity contribution in [3.63, 3.8) is 0 Å². The zero-order valence-electron chi connectivity index (χ0n) is 23.9. The lowest BCUT2D eigenvalue weighted by Crippen LogP contribution is -2.42. The van der Waals surface area contributed by atoms with E-state index in [1.54, 1.807) is 11.0 Å². The molecule has 216 valence electrons. The van der Waals surface area contributed by atoms with Crippen molar-refractivity contribution in [1.29, 1.82) is 0 Å². The number of ether oxygens (including phenoxy) is 1. The summed E-state index contributed by atoms with van der Waals surface area (Å²) in [5.74, 6) is -0.106. The number of carbonyl (C=O) groups excluding carboxylic acids is 2. The van der Waals surface area contributed by atoms with Gasteiger partial charge in [0.15, 0.2) is 0 Å². The SMILES string of the molecule is CCCC1=C2[C@@H](CC/C(=C/c3cc(Br)ccc3O)c3ccccc3)OC[C@@H]2[C@@H]2C(=O)N(C3CCCCC3)C(=O)[C@@H]2C1. The first-order valence-corrected chi connectivity index (χ1v) is 16.2. The zero-order chi connectivity index (χ0) is 28.5. The quantitative estimate of drug-likeness (QED) is 0.185. The molecule has 1 N–H and O–H groups in total. The van der Waals surface area contributed by atoms with Crippen molar-refractivity contribution < 1.29 is 19.4 Å². The van der Waals surface area contributed by atoms with Crippen LogP contribution in [-0.2, 0) is 14.3 Å². The van der Waals surface area contributed by atoms with Gasteiger partial charge in [-0.05, 0) is 79.5 Å². The molecule has 0 radical (unpaired) electrons. The van der Waals surface area contributed by atoms with Crippen LogP contribution in [0.1, 0.15) is 82.3 Å². The van der Waals surface area contributed by atoms with E-state index in [4.69, 9.17) is 4.74 Å². The number of aromatic hydroxyl groups is 1. The number of nitrogens with zero attached hydrogens (tertiary/aromatic N) is 1. The van der Waals surface area contributed by atoms with Gasteiger partial charge in [0.1, 0.15) is 5.75 Å². The van der Waals surface area contributed by atoms with Crippen molar-refractivity contribution in [2.45, 2.75) is 83.3 Å². The summed E-state index contributed by atoms with van der Waals surface area (Å²) in [4.78, 5) is 29.2. The van der Waals surface area contributed by atoms with Gasteiger partial charge >= 0.3 is 0 Å². The summed E-state index contributed by atoms with van der Waals surface area (Å²) in [6.45, 7) is 2.71. The highest BCUT2D eigenvalue weighted by Gasteiger charge is 2.57. The number of phenols is 1. The number of allylic oxidation sites excluding steroid dienone is 2. The molecule has 5 nitrogen and oxygen atoms in total. The summed E-state index contributed by atoms with van der Waals surface area (Å²) in [5, 5.41) is 10.5. The van der Waals surface area contributed by atoms with Crippen molar-refractivity contribution in [2.24, 2.45) is 17.8 Å². The first-order valence-electron chi connectivity index (χ1n) is 15.4. The summed E-state index contributed by atoms with van der Waals surface area (Å²) in [5.41, 5.74) is 5.67. The number of likely N-dealkylation sites (tertiary alicyclic amines) is 1. The number of halogens is 1. The molecule has 2 aliphatic heterocycles. The first kappa shape index (κ1) is 28.4. The van der Waals surface area contributed by atoms with E-state index in [2.05, 4.69) is 41.1 Å². The lowest BCUT2D eigenvalue weighted by atomic mass is 9.68. The van der Waals surface area contributed by atoms with E-state index >= 15 is 0 Å². The van der Waals surface area contributed by atoms with Crippen LogP contribution in [0.2, 0.25) is 0 Å². The molecule has 1 saturated carbocycles. The Morgan fingerprint density at radius 2 is 1.83 bits per heavy atom. The fourth-order valence-electron chi connectivity index (χ4n) is 7.80. The highest BCUT2D eigenvalue weighted by Crippen LogP contribution is 2.51. The molecule has 3 fully saturated rings. The molecule has 2 aromatic rings. The first-order chi connectivity index (χ1) is 20.0. The molecule has 0 bridgehead atoms. The summed E-state index contributed by atoms with van der Waals surface area (Å²) in [6, 6.07) is 15.9. The Morgan fingerprint density at radius 1 is 1.05 bits per heavy atom. The minimum atomic E-state index is -0.271. The molecule has 2 saturated heterocycles. The average molecular weight is 619 g/mol. The second-order valence-corrected chi connectivity index (χ2v) is 13.1. The Bertz CT molecular complexity index is 1360. The molecule has 2 aromatic carbocycles. The number of fused-ring (bicyclic) bond motifs is 3. The third kappa shape index (κ3) is 5.58. The van der Waals surface area contributed by atoms with Gasteiger partial charge < -0.3 is 9.84 Å². The van der Waals surface area contributed by atoms with E-state index in [-0.39, 0.29) is 47.5 Å². The normalized spacial score (nSPS) is 27.0. The van der Waals surface area contributed by atoms with E-state index in [0.29, 0.717) is 13.0 Å². The number of amides is 2. The zero-order valence-corrected chi connectivity index (χ0v) is 25.4.